The number of nitrogens with one attached hydrogen (secondary N) is 1. The number of alkyl halides is 2. The lowest BCUT2D eigenvalue weighted by Gasteiger charge is -2.36. The number of rotatable bonds is 12. The summed E-state index contributed by atoms with van der Waals surface area (Å²) in [4.78, 5) is 29.7. The number of para-hydroxylation sites is 2. The number of carbonyl (C=O) groups is 1. The van der Waals surface area contributed by atoms with E-state index in [2.05, 4.69) is 20.2 Å². The molecule has 232 valence electrons. The first-order chi connectivity index (χ1) is 20.9. The van der Waals surface area contributed by atoms with E-state index in [1.807, 2.05) is 11.8 Å². The molecule has 2 fully saturated rings. The lowest BCUT2D eigenvalue weighted by atomic mass is 9.85. The van der Waals surface area contributed by atoms with Gasteiger partial charge in [0.2, 0.25) is 5.95 Å². The normalized spacial score (nSPS) is 19.9. The number of halogens is 2. The zero-order valence-electron chi connectivity index (χ0n) is 24.3. The first kappa shape index (κ1) is 30.8. The quantitative estimate of drug-likeness (QED) is 0.264. The van der Waals surface area contributed by atoms with Crippen molar-refractivity contribution in [2.24, 2.45) is 5.92 Å². The van der Waals surface area contributed by atoms with Crippen LogP contribution in [0.4, 0.5) is 20.5 Å². The van der Waals surface area contributed by atoms with Crippen molar-refractivity contribution in [3.8, 4) is 5.82 Å². The van der Waals surface area contributed by atoms with Crippen LogP contribution in [0.2, 0.25) is 0 Å². The number of Topliss-reactive ketones (excluding diaryl/α,β-unsaturated/α-hetero) is 1. The van der Waals surface area contributed by atoms with Gasteiger partial charge in [-0.3, -0.25) is 14.3 Å². The highest BCUT2D eigenvalue weighted by atomic mass is 19.3. The molecule has 3 N–H and O–H groups in total. The molecule has 0 bridgehead atoms. The highest BCUT2D eigenvalue weighted by molar-refractivity contribution is 5.81. The van der Waals surface area contributed by atoms with E-state index in [1.54, 1.807) is 30.3 Å². The second-order valence-electron chi connectivity index (χ2n) is 11.2. The van der Waals surface area contributed by atoms with E-state index < -0.39 is 13.0 Å². The summed E-state index contributed by atoms with van der Waals surface area (Å²) in [5, 5.41) is 22.0. The Morgan fingerprint density at radius 3 is 2.53 bits per heavy atom. The Labute approximate surface area is 249 Å². The lowest BCUT2D eigenvalue weighted by Crippen LogP contribution is -2.43. The molecule has 3 heterocycles. The van der Waals surface area contributed by atoms with Crippen molar-refractivity contribution in [1.82, 2.24) is 24.4 Å². The Kier molecular flexibility index (Phi) is 10.2. The van der Waals surface area contributed by atoms with Crippen LogP contribution < -0.4 is 10.2 Å². The average Bonchev–Trinajstić information content (AvgIpc) is 3.44. The maximum Gasteiger partial charge on any atom is 0.296 e. The van der Waals surface area contributed by atoms with E-state index in [0.717, 1.165) is 37.5 Å². The van der Waals surface area contributed by atoms with Crippen LogP contribution in [0.1, 0.15) is 44.9 Å². The summed E-state index contributed by atoms with van der Waals surface area (Å²) in [6.07, 6.45) is 1.81. The van der Waals surface area contributed by atoms with E-state index in [-0.39, 0.29) is 24.2 Å². The molecular formula is C30H39F2N7O4. The maximum absolute atomic E-state index is 14.1. The number of anilines is 2. The zero-order valence-corrected chi connectivity index (χ0v) is 24.3. The summed E-state index contributed by atoms with van der Waals surface area (Å²) >= 11 is 0. The summed E-state index contributed by atoms with van der Waals surface area (Å²) in [5.74, 6) is 1.03. The van der Waals surface area contributed by atoms with Crippen LogP contribution >= 0.6 is 0 Å². The standard InChI is InChI=1S/C30H39F2N7O4/c1-20(18-40)16-38(17-23(42)19-41)22-8-6-21(7-9-22)15-33-30-35-26(37-10-12-43-13-11-37)14-27(36-30)39-25-5-3-2-4-24(25)34-29(39)28(31)32/h2-5,14,18,21-22,28,40-41H,6-13,15-17,19H2,1H3,(H,33,35,36)/b20-18+/t21-,22-. The number of aliphatic hydroxyl groups is 2. The van der Waals surface area contributed by atoms with Gasteiger partial charge in [-0.15, -0.1) is 0 Å². The van der Waals surface area contributed by atoms with Gasteiger partial charge < -0.3 is 25.2 Å². The third-order valence-corrected chi connectivity index (χ3v) is 8.16. The van der Waals surface area contributed by atoms with Gasteiger partial charge in [0.25, 0.3) is 6.43 Å². The molecule has 1 aliphatic carbocycles. The van der Waals surface area contributed by atoms with Gasteiger partial charge in [0.05, 0.1) is 37.1 Å². The minimum Gasteiger partial charge on any atom is -0.516 e. The topological polar surface area (TPSA) is 129 Å². The molecule has 0 radical (unpaired) electrons. The first-order valence-electron chi connectivity index (χ1n) is 14.7. The number of morpholine rings is 1. The van der Waals surface area contributed by atoms with Crippen molar-refractivity contribution in [2.45, 2.75) is 45.1 Å². The molecule has 2 aromatic heterocycles. The van der Waals surface area contributed by atoms with Gasteiger partial charge in [-0.2, -0.15) is 9.97 Å². The van der Waals surface area contributed by atoms with Crippen LogP contribution in [0.5, 0.6) is 0 Å². The Hall–Kier alpha value is -3.68. The van der Waals surface area contributed by atoms with Gasteiger partial charge in [0.1, 0.15) is 18.2 Å². The summed E-state index contributed by atoms with van der Waals surface area (Å²) in [6.45, 7) is 4.88. The van der Waals surface area contributed by atoms with Gasteiger partial charge >= 0.3 is 0 Å². The summed E-state index contributed by atoms with van der Waals surface area (Å²) in [6, 6.07) is 8.91. The van der Waals surface area contributed by atoms with E-state index in [1.165, 1.54) is 4.57 Å². The maximum atomic E-state index is 14.1. The van der Waals surface area contributed by atoms with Crippen LogP contribution in [0, 0.1) is 5.92 Å². The molecule has 1 saturated carbocycles. The monoisotopic (exact) mass is 599 g/mol. The molecule has 0 spiro atoms. The Morgan fingerprint density at radius 2 is 1.84 bits per heavy atom. The van der Waals surface area contributed by atoms with Crippen molar-refractivity contribution < 1.29 is 28.5 Å². The number of ether oxygens (including phenoxy) is 1. The van der Waals surface area contributed by atoms with Gasteiger partial charge in [-0.05, 0) is 56.2 Å². The number of nitrogens with zero attached hydrogens (tertiary/aromatic N) is 6. The number of hydrogen-bond donors (Lipinski definition) is 3. The molecule has 2 aliphatic rings. The Morgan fingerprint density at radius 1 is 1.12 bits per heavy atom. The van der Waals surface area contributed by atoms with Crippen molar-refractivity contribution in [1.29, 1.82) is 0 Å². The largest absolute Gasteiger partial charge is 0.516 e. The Bertz CT molecular complexity index is 1420. The van der Waals surface area contributed by atoms with Crippen molar-refractivity contribution in [3.05, 3.63) is 48.0 Å². The number of aliphatic hydroxyl groups excluding tert-OH is 2. The van der Waals surface area contributed by atoms with Crippen LogP contribution in [0.15, 0.2) is 42.2 Å². The van der Waals surface area contributed by atoms with Gasteiger partial charge in [-0.1, -0.05) is 12.1 Å². The fourth-order valence-electron chi connectivity index (χ4n) is 5.90. The van der Waals surface area contributed by atoms with Crippen LogP contribution in [0.3, 0.4) is 0 Å². The van der Waals surface area contributed by atoms with E-state index in [4.69, 9.17) is 9.72 Å². The number of ketones is 1. The lowest BCUT2D eigenvalue weighted by molar-refractivity contribution is -0.123. The molecule has 0 unspecified atom stereocenters. The first-order valence-corrected chi connectivity index (χ1v) is 14.7. The third kappa shape index (κ3) is 7.46. The zero-order chi connectivity index (χ0) is 30.3. The van der Waals surface area contributed by atoms with Gasteiger partial charge in [0.15, 0.2) is 11.6 Å². The SMILES string of the molecule is C/C(=C\O)CN(CC(=O)CO)[C@H]1CC[C@H](CNc2nc(N3CCOCC3)cc(-n3c(C(F)F)nc4ccccc43)n2)CC1. The molecule has 43 heavy (non-hydrogen) atoms. The molecule has 13 heteroatoms. The number of carbonyl (C=O) groups excluding carboxylic acids is 1. The minimum absolute atomic E-state index is 0.143. The second-order valence-corrected chi connectivity index (χ2v) is 11.2. The number of hydrogen-bond acceptors (Lipinski definition) is 10. The fraction of sp³-hybridized carbons (Fsp3) is 0.533. The summed E-state index contributed by atoms with van der Waals surface area (Å²) < 4.78 is 35.2. The van der Waals surface area contributed by atoms with Gasteiger partial charge in [-0.25, -0.2) is 13.8 Å². The molecule has 1 aliphatic heterocycles. The molecule has 5 rings (SSSR count). The molecule has 0 amide bonds. The summed E-state index contributed by atoms with van der Waals surface area (Å²) in [7, 11) is 0. The van der Waals surface area contributed by atoms with Gasteiger partial charge in [0, 0.05) is 38.3 Å². The number of aromatic nitrogens is 4. The van der Waals surface area contributed by atoms with E-state index >= 15 is 0 Å². The number of benzene rings is 1. The molecule has 11 nitrogen and oxygen atoms in total. The molecule has 0 atom stereocenters. The smallest absolute Gasteiger partial charge is 0.296 e. The highest BCUT2D eigenvalue weighted by Crippen LogP contribution is 2.31. The molecular weight excluding hydrogens is 560 g/mol. The number of fused-ring (bicyclic) bond motifs is 1. The predicted octanol–water partition coefficient (Wildman–Crippen LogP) is 3.89. The van der Waals surface area contributed by atoms with Crippen molar-refractivity contribution in [2.75, 3.05) is 62.8 Å². The summed E-state index contributed by atoms with van der Waals surface area (Å²) in [5.41, 5.74) is 1.77. The van der Waals surface area contributed by atoms with E-state index in [9.17, 15) is 23.8 Å². The Balaban J connectivity index is 1.34. The van der Waals surface area contributed by atoms with E-state index in [0.29, 0.717) is 73.9 Å². The second kappa shape index (κ2) is 14.2. The highest BCUT2D eigenvalue weighted by Gasteiger charge is 2.28. The van der Waals surface area contributed by atoms with Crippen LogP contribution in [0.25, 0.3) is 16.9 Å². The van der Waals surface area contributed by atoms with Crippen LogP contribution in [-0.4, -0.2) is 99.0 Å². The number of imidazole rings is 1. The fourth-order valence-corrected chi connectivity index (χ4v) is 5.90. The average molecular weight is 600 g/mol. The van der Waals surface area contributed by atoms with Crippen molar-refractivity contribution in [3.63, 3.8) is 0 Å². The minimum atomic E-state index is -2.79. The van der Waals surface area contributed by atoms with Crippen LogP contribution in [-0.2, 0) is 9.53 Å². The predicted molar refractivity (Wildman–Crippen MR) is 159 cm³/mol. The third-order valence-electron chi connectivity index (χ3n) is 8.16. The van der Waals surface area contributed by atoms with Crippen molar-refractivity contribution >= 4 is 28.6 Å². The molecule has 3 aromatic rings. The molecule has 1 aromatic carbocycles. The molecule has 1 saturated heterocycles.